The van der Waals surface area contributed by atoms with Crippen LogP contribution >= 0.6 is 38.6 Å². The van der Waals surface area contributed by atoms with Gasteiger partial charge in [0.1, 0.15) is 6.61 Å². The minimum absolute atomic E-state index is 0.237. The maximum Gasteiger partial charge on any atom is 0.413 e. The number of amides is 1. The van der Waals surface area contributed by atoms with Crippen LogP contribution < -0.4 is 5.32 Å². The predicted octanol–water partition coefficient (Wildman–Crippen LogP) is 5.38. The summed E-state index contributed by atoms with van der Waals surface area (Å²) in [6, 6.07) is 11.5. The van der Waals surface area contributed by atoms with Crippen LogP contribution in [0.2, 0.25) is 0 Å². The molecule has 7 heteroatoms. The van der Waals surface area contributed by atoms with Gasteiger partial charge in [0.2, 0.25) is 0 Å². The molecule has 1 N–H and O–H groups in total. The van der Waals surface area contributed by atoms with Gasteiger partial charge in [-0.2, -0.15) is 0 Å². The number of thiazole rings is 1. The van der Waals surface area contributed by atoms with Crippen LogP contribution in [0.1, 0.15) is 5.56 Å². The molecule has 0 unspecified atom stereocenters. The van der Waals surface area contributed by atoms with Crippen LogP contribution in [0.3, 0.4) is 0 Å². The van der Waals surface area contributed by atoms with Gasteiger partial charge in [-0.1, -0.05) is 30.3 Å². The Labute approximate surface area is 143 Å². The standard InChI is InChI=1S/C15H11BrN2O2S2/c16-11-6-7-21-13(11)12-9-22-14(17-12)18-15(19)20-8-10-4-2-1-3-5-10/h1-7,9H,8H2,(H,17,18,19). The summed E-state index contributed by atoms with van der Waals surface area (Å²) < 4.78 is 6.17. The molecule has 112 valence electrons. The van der Waals surface area contributed by atoms with Crippen molar-refractivity contribution in [2.45, 2.75) is 6.61 Å². The number of ether oxygens (including phenoxy) is 1. The SMILES string of the molecule is O=C(Nc1nc(-c2sccc2Br)cs1)OCc1ccccc1. The first kappa shape index (κ1) is 15.2. The second-order valence-corrected chi connectivity index (χ2v) is 6.95. The van der Waals surface area contributed by atoms with Gasteiger partial charge in [0, 0.05) is 9.85 Å². The van der Waals surface area contributed by atoms with Crippen molar-refractivity contribution in [2.24, 2.45) is 0 Å². The Morgan fingerprint density at radius 3 is 2.77 bits per heavy atom. The number of nitrogens with one attached hydrogen (secondary N) is 1. The molecule has 1 amide bonds. The van der Waals surface area contributed by atoms with E-state index in [2.05, 4.69) is 26.2 Å². The summed E-state index contributed by atoms with van der Waals surface area (Å²) in [6.07, 6.45) is -0.505. The summed E-state index contributed by atoms with van der Waals surface area (Å²) >= 11 is 6.44. The van der Waals surface area contributed by atoms with Crippen molar-refractivity contribution in [2.75, 3.05) is 5.32 Å². The molecule has 2 heterocycles. The monoisotopic (exact) mass is 394 g/mol. The zero-order chi connectivity index (χ0) is 15.4. The molecule has 22 heavy (non-hydrogen) atoms. The zero-order valence-corrected chi connectivity index (χ0v) is 14.5. The van der Waals surface area contributed by atoms with Crippen LogP contribution in [-0.2, 0) is 11.3 Å². The molecule has 0 bridgehead atoms. The summed E-state index contributed by atoms with van der Waals surface area (Å²) in [5.74, 6) is 0. The van der Waals surface area contributed by atoms with Gasteiger partial charge in [-0.25, -0.2) is 9.78 Å². The second kappa shape index (κ2) is 7.04. The van der Waals surface area contributed by atoms with Crippen molar-refractivity contribution in [1.29, 1.82) is 0 Å². The Hall–Kier alpha value is -1.70. The van der Waals surface area contributed by atoms with E-state index in [-0.39, 0.29) is 6.61 Å². The van der Waals surface area contributed by atoms with Gasteiger partial charge in [0.05, 0.1) is 10.6 Å². The number of hydrogen-bond acceptors (Lipinski definition) is 5. The number of halogens is 1. The number of anilines is 1. The van der Waals surface area contributed by atoms with Gasteiger partial charge in [0.25, 0.3) is 0 Å². The van der Waals surface area contributed by atoms with Crippen molar-refractivity contribution in [3.63, 3.8) is 0 Å². The van der Waals surface area contributed by atoms with E-state index in [4.69, 9.17) is 4.74 Å². The van der Waals surface area contributed by atoms with Crippen LogP contribution in [0.15, 0.2) is 51.6 Å². The van der Waals surface area contributed by atoms with Crippen LogP contribution in [0.5, 0.6) is 0 Å². The lowest BCUT2D eigenvalue weighted by molar-refractivity contribution is 0.155. The third kappa shape index (κ3) is 3.73. The number of rotatable bonds is 4. The maximum absolute atomic E-state index is 11.8. The highest BCUT2D eigenvalue weighted by Gasteiger charge is 2.11. The van der Waals surface area contributed by atoms with Gasteiger partial charge in [-0.05, 0) is 32.9 Å². The van der Waals surface area contributed by atoms with Crippen LogP contribution in [0.25, 0.3) is 10.6 Å². The maximum atomic E-state index is 11.8. The highest BCUT2D eigenvalue weighted by atomic mass is 79.9. The molecule has 0 aliphatic rings. The molecule has 0 saturated carbocycles. The lowest BCUT2D eigenvalue weighted by Gasteiger charge is -2.04. The van der Waals surface area contributed by atoms with Crippen molar-refractivity contribution < 1.29 is 9.53 Å². The fraction of sp³-hybridized carbons (Fsp3) is 0.0667. The fourth-order valence-electron chi connectivity index (χ4n) is 1.76. The quantitative estimate of drug-likeness (QED) is 0.645. The van der Waals surface area contributed by atoms with E-state index in [1.807, 2.05) is 47.2 Å². The molecule has 0 aliphatic heterocycles. The van der Waals surface area contributed by atoms with Crippen LogP contribution in [0, 0.1) is 0 Å². The summed E-state index contributed by atoms with van der Waals surface area (Å²) in [7, 11) is 0. The molecule has 0 atom stereocenters. The molecule has 2 aromatic heterocycles. The molecular weight excluding hydrogens is 384 g/mol. The second-order valence-electron chi connectivity index (χ2n) is 4.32. The highest BCUT2D eigenvalue weighted by molar-refractivity contribution is 9.10. The van der Waals surface area contributed by atoms with Crippen LogP contribution in [-0.4, -0.2) is 11.1 Å². The summed E-state index contributed by atoms with van der Waals surface area (Å²) in [6.45, 7) is 0.237. The van der Waals surface area contributed by atoms with Gasteiger partial charge in [-0.3, -0.25) is 5.32 Å². The molecular formula is C15H11BrN2O2S2. The minimum Gasteiger partial charge on any atom is -0.444 e. The van der Waals surface area contributed by atoms with Gasteiger partial charge in [-0.15, -0.1) is 22.7 Å². The molecule has 1 aromatic carbocycles. The molecule has 0 radical (unpaired) electrons. The largest absolute Gasteiger partial charge is 0.444 e. The molecule has 0 aliphatic carbocycles. The Morgan fingerprint density at radius 1 is 1.23 bits per heavy atom. The lowest BCUT2D eigenvalue weighted by atomic mass is 10.2. The number of aromatic nitrogens is 1. The number of nitrogens with zero attached hydrogens (tertiary/aromatic N) is 1. The Bertz CT molecular complexity index is 771. The lowest BCUT2D eigenvalue weighted by Crippen LogP contribution is -2.13. The van der Waals surface area contributed by atoms with E-state index >= 15 is 0 Å². The first-order chi connectivity index (χ1) is 10.7. The average Bonchev–Trinajstić information content (AvgIpc) is 3.15. The smallest absolute Gasteiger partial charge is 0.413 e. The van der Waals surface area contributed by atoms with E-state index in [1.165, 1.54) is 11.3 Å². The molecule has 3 rings (SSSR count). The number of carbonyl (C=O) groups is 1. The number of hydrogen-bond donors (Lipinski definition) is 1. The number of benzene rings is 1. The van der Waals surface area contributed by atoms with E-state index in [1.54, 1.807) is 11.3 Å². The minimum atomic E-state index is -0.505. The highest BCUT2D eigenvalue weighted by Crippen LogP contribution is 2.35. The number of carbonyl (C=O) groups excluding carboxylic acids is 1. The Morgan fingerprint density at radius 2 is 2.05 bits per heavy atom. The van der Waals surface area contributed by atoms with Crippen molar-refractivity contribution >= 4 is 49.8 Å². The molecule has 0 spiro atoms. The third-order valence-corrected chi connectivity index (χ3v) is 5.39. The summed E-state index contributed by atoms with van der Waals surface area (Å²) in [5.41, 5.74) is 1.78. The van der Waals surface area contributed by atoms with E-state index < -0.39 is 6.09 Å². The number of thiophene rings is 1. The fourth-order valence-corrected chi connectivity index (χ4v) is 4.06. The first-order valence-electron chi connectivity index (χ1n) is 6.39. The van der Waals surface area contributed by atoms with E-state index in [9.17, 15) is 4.79 Å². The van der Waals surface area contributed by atoms with Crippen molar-refractivity contribution in [1.82, 2.24) is 4.98 Å². The van der Waals surface area contributed by atoms with Crippen molar-refractivity contribution in [3.8, 4) is 10.6 Å². The molecule has 3 aromatic rings. The zero-order valence-electron chi connectivity index (χ0n) is 11.3. The molecule has 0 saturated heterocycles. The first-order valence-corrected chi connectivity index (χ1v) is 8.94. The van der Waals surface area contributed by atoms with Crippen molar-refractivity contribution in [3.05, 3.63) is 57.2 Å². The van der Waals surface area contributed by atoms with E-state index in [0.29, 0.717) is 5.13 Å². The topological polar surface area (TPSA) is 51.2 Å². The average molecular weight is 395 g/mol. The van der Waals surface area contributed by atoms with E-state index in [0.717, 1.165) is 20.6 Å². The van der Waals surface area contributed by atoms with Gasteiger partial charge >= 0.3 is 6.09 Å². The Balaban J connectivity index is 1.58. The molecule has 0 fully saturated rings. The summed E-state index contributed by atoms with van der Waals surface area (Å²) in [5, 5.41) is 7.06. The van der Waals surface area contributed by atoms with Gasteiger partial charge in [0.15, 0.2) is 5.13 Å². The Kier molecular flexibility index (Phi) is 4.87. The predicted molar refractivity (Wildman–Crippen MR) is 93.4 cm³/mol. The summed E-state index contributed by atoms with van der Waals surface area (Å²) in [4.78, 5) is 17.2. The van der Waals surface area contributed by atoms with Gasteiger partial charge < -0.3 is 4.74 Å². The third-order valence-electron chi connectivity index (χ3n) is 2.78. The molecule has 4 nitrogen and oxygen atoms in total. The normalized spacial score (nSPS) is 10.4. The van der Waals surface area contributed by atoms with Crippen LogP contribution in [0.4, 0.5) is 9.93 Å².